The summed E-state index contributed by atoms with van der Waals surface area (Å²) >= 11 is 0. The molecule has 0 bridgehead atoms. The zero-order chi connectivity index (χ0) is 15.4. The Labute approximate surface area is 117 Å². The molecule has 0 aliphatic heterocycles. The van der Waals surface area contributed by atoms with Crippen LogP contribution in [0.1, 0.15) is 0 Å². The van der Waals surface area contributed by atoms with Gasteiger partial charge in [-0.15, -0.1) is 5.10 Å². The monoisotopic (exact) mass is 330 g/mol. The lowest BCUT2D eigenvalue weighted by Crippen LogP contribution is -2.02. The van der Waals surface area contributed by atoms with Gasteiger partial charge in [0.25, 0.3) is 20.2 Å². The van der Waals surface area contributed by atoms with Crippen molar-refractivity contribution < 1.29 is 30.5 Å². The van der Waals surface area contributed by atoms with Gasteiger partial charge in [0.1, 0.15) is 10.4 Å². The molecule has 21 heavy (non-hydrogen) atoms. The molecular weight excluding hydrogens is 324 g/mol. The molecule has 0 atom stereocenters. The fraction of sp³-hybridized carbons (Fsp3) is 0. The van der Waals surface area contributed by atoms with Gasteiger partial charge < -0.3 is 4.52 Å². The Hall–Kier alpha value is -2.08. The molecule has 1 heterocycles. The summed E-state index contributed by atoms with van der Waals surface area (Å²) in [6, 6.07) is 4.20. The van der Waals surface area contributed by atoms with Crippen molar-refractivity contribution >= 4 is 42.1 Å². The molecule has 0 radical (unpaired) electrons. The van der Waals surface area contributed by atoms with Gasteiger partial charge in [-0.2, -0.15) is 16.8 Å². The third-order valence-corrected chi connectivity index (χ3v) is 4.61. The normalized spacial score (nSPS) is 13.0. The van der Waals surface area contributed by atoms with Gasteiger partial charge in [0.05, 0.1) is 4.90 Å². The van der Waals surface area contributed by atoms with Crippen LogP contribution in [0.5, 0.6) is 0 Å². The minimum absolute atomic E-state index is 0.00901. The highest BCUT2D eigenvalue weighted by Crippen LogP contribution is 2.31. The van der Waals surface area contributed by atoms with E-state index >= 15 is 0 Å². The third kappa shape index (κ3) is 2.25. The van der Waals surface area contributed by atoms with E-state index in [1.807, 2.05) is 0 Å². The van der Waals surface area contributed by atoms with Crippen LogP contribution in [0, 0.1) is 0 Å². The molecule has 3 rings (SSSR count). The molecule has 0 amide bonds. The van der Waals surface area contributed by atoms with E-state index in [0.29, 0.717) is 0 Å². The van der Waals surface area contributed by atoms with Crippen LogP contribution in [-0.4, -0.2) is 36.3 Å². The number of nitrogens with zero attached hydrogens (tertiary/aromatic N) is 2. The second-order valence-corrected chi connectivity index (χ2v) is 6.96. The van der Waals surface area contributed by atoms with Crippen molar-refractivity contribution in [3.8, 4) is 0 Å². The maximum atomic E-state index is 11.4. The fourth-order valence-electron chi connectivity index (χ4n) is 1.98. The van der Waals surface area contributed by atoms with Crippen LogP contribution in [0.25, 0.3) is 21.9 Å². The lowest BCUT2D eigenvalue weighted by Gasteiger charge is -2.05. The van der Waals surface area contributed by atoms with Crippen molar-refractivity contribution in [3.05, 3.63) is 24.3 Å². The molecule has 11 heteroatoms. The van der Waals surface area contributed by atoms with E-state index in [-0.39, 0.29) is 21.9 Å². The lowest BCUT2D eigenvalue weighted by molar-refractivity contribution is 0.423. The van der Waals surface area contributed by atoms with Gasteiger partial charge in [-0.25, -0.2) is 0 Å². The molecular formula is C10H6N2O7S2. The molecule has 2 aromatic carbocycles. The molecule has 0 fully saturated rings. The molecule has 9 nitrogen and oxygen atoms in total. The second kappa shape index (κ2) is 4.21. The summed E-state index contributed by atoms with van der Waals surface area (Å²) in [4.78, 5) is -1.09. The van der Waals surface area contributed by atoms with E-state index in [4.69, 9.17) is 9.08 Å². The molecule has 0 aliphatic rings. The van der Waals surface area contributed by atoms with Crippen LogP contribution in [0.4, 0.5) is 0 Å². The zero-order valence-electron chi connectivity index (χ0n) is 9.96. The predicted octanol–water partition coefficient (Wildman–Crippen LogP) is 0.869. The van der Waals surface area contributed by atoms with Gasteiger partial charge in [0.2, 0.25) is 0 Å². The molecule has 0 saturated heterocycles. The van der Waals surface area contributed by atoms with Gasteiger partial charge in [0, 0.05) is 22.1 Å². The minimum Gasteiger partial charge on any atom is -0.337 e. The number of fused-ring (bicyclic) bond motifs is 3. The van der Waals surface area contributed by atoms with Gasteiger partial charge in [-0.05, 0) is 12.1 Å². The Bertz CT molecular complexity index is 1080. The van der Waals surface area contributed by atoms with Gasteiger partial charge in [-0.3, -0.25) is 9.11 Å². The number of benzene rings is 2. The first kappa shape index (κ1) is 13.9. The minimum atomic E-state index is -4.65. The van der Waals surface area contributed by atoms with E-state index in [1.165, 1.54) is 6.07 Å². The first-order valence-corrected chi connectivity index (χ1v) is 8.20. The van der Waals surface area contributed by atoms with Gasteiger partial charge in [0.15, 0.2) is 5.58 Å². The Morgan fingerprint density at radius 2 is 1.67 bits per heavy atom. The summed E-state index contributed by atoms with van der Waals surface area (Å²) in [5.41, 5.74) is 0.203. The van der Waals surface area contributed by atoms with E-state index in [1.54, 1.807) is 0 Å². The van der Waals surface area contributed by atoms with Crippen LogP contribution < -0.4 is 0 Å². The summed E-state index contributed by atoms with van der Waals surface area (Å²) in [5, 5.41) is 7.01. The van der Waals surface area contributed by atoms with Gasteiger partial charge in [-0.1, -0.05) is 6.07 Å². The SMILES string of the molecule is O=S(=O)(O)c1ccc2c(c1)c(S(=O)(=O)O)cc1onnc12. The van der Waals surface area contributed by atoms with Crippen molar-refractivity contribution in [2.24, 2.45) is 0 Å². The summed E-state index contributed by atoms with van der Waals surface area (Å²) < 4.78 is 68.2. The van der Waals surface area contributed by atoms with E-state index in [2.05, 4.69) is 10.4 Å². The van der Waals surface area contributed by atoms with Crippen LogP contribution in [-0.2, 0) is 20.2 Å². The highest BCUT2D eigenvalue weighted by Gasteiger charge is 2.21. The molecule has 2 N–H and O–H groups in total. The van der Waals surface area contributed by atoms with Crippen LogP contribution in [0.3, 0.4) is 0 Å². The third-order valence-electron chi connectivity index (χ3n) is 2.86. The first-order valence-electron chi connectivity index (χ1n) is 5.32. The molecule has 1 aromatic heterocycles. The predicted molar refractivity (Wildman–Crippen MR) is 68.9 cm³/mol. The number of rotatable bonds is 2. The highest BCUT2D eigenvalue weighted by molar-refractivity contribution is 7.86. The van der Waals surface area contributed by atoms with Gasteiger partial charge >= 0.3 is 0 Å². The van der Waals surface area contributed by atoms with E-state index < -0.39 is 30.0 Å². The van der Waals surface area contributed by atoms with Crippen LogP contribution in [0.2, 0.25) is 0 Å². The molecule has 0 unspecified atom stereocenters. The Kier molecular flexibility index (Phi) is 2.78. The summed E-state index contributed by atoms with van der Waals surface area (Å²) in [7, 11) is -9.19. The summed E-state index contributed by atoms with van der Waals surface area (Å²) in [6.45, 7) is 0. The maximum absolute atomic E-state index is 11.4. The number of hydrogen-bond acceptors (Lipinski definition) is 7. The number of aromatic nitrogens is 2. The summed E-state index contributed by atoms with van der Waals surface area (Å²) in [6.07, 6.45) is 0. The van der Waals surface area contributed by atoms with Crippen molar-refractivity contribution in [2.75, 3.05) is 0 Å². The lowest BCUT2D eigenvalue weighted by atomic mass is 10.1. The molecule has 3 aromatic rings. The van der Waals surface area contributed by atoms with Crippen molar-refractivity contribution in [1.29, 1.82) is 0 Å². The quantitative estimate of drug-likeness (QED) is 0.653. The Balaban J connectivity index is 2.58. The van der Waals surface area contributed by atoms with Crippen molar-refractivity contribution in [1.82, 2.24) is 10.4 Å². The van der Waals surface area contributed by atoms with Crippen LogP contribution >= 0.6 is 0 Å². The van der Waals surface area contributed by atoms with Crippen LogP contribution in [0.15, 0.2) is 38.6 Å². The Morgan fingerprint density at radius 1 is 0.952 bits per heavy atom. The first-order chi connectivity index (χ1) is 9.68. The maximum Gasteiger partial charge on any atom is 0.295 e. The fourth-order valence-corrected chi connectivity index (χ4v) is 3.19. The average Bonchev–Trinajstić information content (AvgIpc) is 2.83. The molecule has 0 saturated carbocycles. The smallest absolute Gasteiger partial charge is 0.295 e. The molecule has 110 valence electrons. The van der Waals surface area contributed by atoms with Crippen molar-refractivity contribution in [3.63, 3.8) is 0 Å². The molecule has 0 aliphatic carbocycles. The number of hydrogen-bond donors (Lipinski definition) is 2. The van der Waals surface area contributed by atoms with E-state index in [9.17, 15) is 21.4 Å². The standard InChI is InChI=1S/C10H6N2O7S2/c13-20(14,15)5-1-2-6-7(3-5)9(21(16,17)18)4-8-10(6)11-12-19-8/h1-4H,(H,13,14,15)(H,16,17,18). The highest BCUT2D eigenvalue weighted by atomic mass is 32.2. The second-order valence-electron chi connectivity index (χ2n) is 4.15. The zero-order valence-corrected chi connectivity index (χ0v) is 11.6. The van der Waals surface area contributed by atoms with Crippen molar-refractivity contribution in [2.45, 2.75) is 9.79 Å². The average molecular weight is 330 g/mol. The molecule has 0 spiro atoms. The topological polar surface area (TPSA) is 148 Å². The summed E-state index contributed by atoms with van der Waals surface area (Å²) in [5.74, 6) is 0. The van der Waals surface area contributed by atoms with E-state index in [0.717, 1.165) is 18.2 Å². The Morgan fingerprint density at radius 3 is 2.29 bits per heavy atom. The largest absolute Gasteiger partial charge is 0.337 e.